The topological polar surface area (TPSA) is 81.0 Å². The summed E-state index contributed by atoms with van der Waals surface area (Å²) in [6.07, 6.45) is 0. The molecule has 98 valence electrons. The number of hydrogen-bond acceptors (Lipinski definition) is 4. The van der Waals surface area contributed by atoms with Crippen LogP contribution in [0.5, 0.6) is 5.75 Å². The van der Waals surface area contributed by atoms with Crippen LogP contribution in [0.2, 0.25) is 0 Å². The van der Waals surface area contributed by atoms with Gasteiger partial charge in [0.15, 0.2) is 0 Å². The number of hydrogen-bond donors (Lipinski definition) is 2. The third-order valence-corrected chi connectivity index (χ3v) is 3.77. The van der Waals surface area contributed by atoms with E-state index in [2.05, 4.69) is 15.9 Å². The average Bonchev–Trinajstić information content (AvgIpc) is 2.39. The molecule has 0 fully saturated rings. The lowest BCUT2D eigenvalue weighted by Crippen LogP contribution is -2.02. The normalized spacial score (nSPS) is 10.8. The third kappa shape index (κ3) is 1.69. The number of phenolic OH excluding ortho intramolecular Hbond substituents is 1. The quantitative estimate of drug-likeness (QED) is 0.617. The van der Waals surface area contributed by atoms with Crippen LogP contribution >= 0.6 is 15.9 Å². The molecule has 1 aromatic heterocycles. The summed E-state index contributed by atoms with van der Waals surface area (Å²) in [7, 11) is 0. The number of benzene rings is 2. The Bertz CT molecular complexity index is 968. The minimum atomic E-state index is -0.196. The summed E-state index contributed by atoms with van der Waals surface area (Å²) in [5, 5.41) is 29.0. The molecule has 0 unspecified atom stereocenters. The van der Waals surface area contributed by atoms with Gasteiger partial charge in [0, 0.05) is 15.2 Å². The molecule has 0 saturated heterocycles. The van der Waals surface area contributed by atoms with Gasteiger partial charge in [-0.15, -0.1) is 0 Å². The highest BCUT2D eigenvalue weighted by atomic mass is 79.9. The lowest BCUT2D eigenvalue weighted by molar-refractivity contribution is 0.473. The Morgan fingerprint density at radius 3 is 2.75 bits per heavy atom. The molecular formula is C15H9BrN2O2. The van der Waals surface area contributed by atoms with E-state index in [4.69, 9.17) is 15.1 Å². The first-order valence-electron chi connectivity index (χ1n) is 5.86. The summed E-state index contributed by atoms with van der Waals surface area (Å²) in [4.78, 5) is 0. The number of nitrogens with zero attached hydrogens (tertiary/aromatic N) is 1. The summed E-state index contributed by atoms with van der Waals surface area (Å²) in [5.41, 5.74) is 1.26. The highest BCUT2D eigenvalue weighted by Gasteiger charge is 2.15. The van der Waals surface area contributed by atoms with E-state index in [1.54, 1.807) is 19.1 Å². The molecular weight excluding hydrogens is 320 g/mol. The number of rotatable bonds is 0. The molecule has 20 heavy (non-hydrogen) atoms. The van der Waals surface area contributed by atoms with Gasteiger partial charge in [-0.25, -0.2) is 0 Å². The van der Waals surface area contributed by atoms with Crippen LogP contribution in [0.15, 0.2) is 33.2 Å². The first-order chi connectivity index (χ1) is 9.52. The van der Waals surface area contributed by atoms with E-state index in [-0.39, 0.29) is 22.3 Å². The second kappa shape index (κ2) is 4.36. The highest BCUT2D eigenvalue weighted by molar-refractivity contribution is 9.10. The Kier molecular flexibility index (Phi) is 2.77. The van der Waals surface area contributed by atoms with E-state index < -0.39 is 0 Å². The molecule has 2 aromatic carbocycles. The molecule has 3 aromatic rings. The van der Waals surface area contributed by atoms with Crippen molar-refractivity contribution in [3.05, 3.63) is 45.4 Å². The Hall–Kier alpha value is -2.32. The van der Waals surface area contributed by atoms with Gasteiger partial charge in [-0.3, -0.25) is 5.41 Å². The van der Waals surface area contributed by atoms with Crippen LogP contribution < -0.4 is 5.55 Å². The zero-order chi connectivity index (χ0) is 14.4. The Morgan fingerprint density at radius 2 is 2.05 bits per heavy atom. The molecule has 0 radical (unpaired) electrons. The van der Waals surface area contributed by atoms with Crippen molar-refractivity contribution in [1.29, 1.82) is 10.7 Å². The molecule has 0 spiro atoms. The standard InChI is InChI=1S/C15H9BrN2O2/c1-7-4-10-9-5-8(16)2-3-12(9)20-15(18)13(10)14(19)11(7)6-17/h2-5,18-19H,1H3. The van der Waals surface area contributed by atoms with Gasteiger partial charge in [0.05, 0.1) is 10.9 Å². The number of fused-ring (bicyclic) bond motifs is 3. The Balaban J connectivity index is 2.67. The van der Waals surface area contributed by atoms with Crippen LogP contribution in [0.25, 0.3) is 21.7 Å². The molecule has 0 amide bonds. The molecule has 5 heteroatoms. The van der Waals surface area contributed by atoms with Gasteiger partial charge in [0.25, 0.3) is 0 Å². The van der Waals surface area contributed by atoms with Gasteiger partial charge in [-0.1, -0.05) is 15.9 Å². The smallest absolute Gasteiger partial charge is 0.223 e. The zero-order valence-electron chi connectivity index (χ0n) is 10.5. The van der Waals surface area contributed by atoms with Crippen LogP contribution in [-0.2, 0) is 0 Å². The maximum Gasteiger partial charge on any atom is 0.223 e. The van der Waals surface area contributed by atoms with Crippen molar-refractivity contribution < 1.29 is 9.52 Å². The lowest BCUT2D eigenvalue weighted by atomic mass is 9.99. The summed E-state index contributed by atoms with van der Waals surface area (Å²) in [5.74, 6) is -0.196. The predicted molar refractivity (Wildman–Crippen MR) is 78.4 cm³/mol. The monoisotopic (exact) mass is 328 g/mol. The molecule has 0 atom stereocenters. The van der Waals surface area contributed by atoms with E-state index in [1.807, 2.05) is 18.2 Å². The highest BCUT2D eigenvalue weighted by Crippen LogP contribution is 2.34. The average molecular weight is 329 g/mol. The fourth-order valence-corrected chi connectivity index (χ4v) is 2.71. The van der Waals surface area contributed by atoms with E-state index in [0.29, 0.717) is 16.5 Å². The van der Waals surface area contributed by atoms with Crippen LogP contribution in [0, 0.1) is 23.7 Å². The summed E-state index contributed by atoms with van der Waals surface area (Å²) in [6, 6.07) is 9.22. The fourth-order valence-electron chi connectivity index (χ4n) is 2.35. The molecule has 3 rings (SSSR count). The summed E-state index contributed by atoms with van der Waals surface area (Å²) < 4.78 is 6.30. The number of halogens is 1. The van der Waals surface area contributed by atoms with Gasteiger partial charge >= 0.3 is 0 Å². The first-order valence-corrected chi connectivity index (χ1v) is 6.65. The van der Waals surface area contributed by atoms with Gasteiger partial charge in [0.1, 0.15) is 17.4 Å². The molecule has 0 saturated carbocycles. The lowest BCUT2D eigenvalue weighted by Gasteiger charge is -2.09. The first kappa shape index (κ1) is 12.7. The second-order valence-corrected chi connectivity index (χ2v) is 5.44. The van der Waals surface area contributed by atoms with Crippen molar-refractivity contribution in [3.8, 4) is 11.8 Å². The maximum absolute atomic E-state index is 10.2. The van der Waals surface area contributed by atoms with Crippen molar-refractivity contribution in [1.82, 2.24) is 0 Å². The van der Waals surface area contributed by atoms with Crippen molar-refractivity contribution in [2.24, 2.45) is 0 Å². The second-order valence-electron chi connectivity index (χ2n) is 4.52. The molecule has 2 N–H and O–H groups in total. The molecule has 4 nitrogen and oxygen atoms in total. The van der Waals surface area contributed by atoms with Gasteiger partial charge in [0.2, 0.25) is 5.55 Å². The van der Waals surface area contributed by atoms with E-state index >= 15 is 0 Å². The number of nitrogens with one attached hydrogen (secondary N) is 1. The van der Waals surface area contributed by atoms with Crippen molar-refractivity contribution in [3.63, 3.8) is 0 Å². The minimum absolute atomic E-state index is 0.149. The van der Waals surface area contributed by atoms with Gasteiger partial charge < -0.3 is 9.52 Å². The van der Waals surface area contributed by atoms with Crippen molar-refractivity contribution >= 4 is 37.7 Å². The largest absolute Gasteiger partial charge is 0.506 e. The molecule has 0 aliphatic rings. The van der Waals surface area contributed by atoms with Crippen LogP contribution in [0.3, 0.4) is 0 Å². The van der Waals surface area contributed by atoms with Crippen LogP contribution in [0.1, 0.15) is 11.1 Å². The number of aryl methyl sites for hydroxylation is 1. The Morgan fingerprint density at radius 1 is 1.30 bits per heavy atom. The van der Waals surface area contributed by atoms with E-state index in [1.165, 1.54) is 0 Å². The van der Waals surface area contributed by atoms with Crippen molar-refractivity contribution in [2.75, 3.05) is 0 Å². The Labute approximate surface area is 122 Å². The summed E-state index contributed by atoms with van der Waals surface area (Å²) in [6.45, 7) is 1.76. The zero-order valence-corrected chi connectivity index (χ0v) is 12.1. The molecule has 0 aliphatic heterocycles. The summed E-state index contributed by atoms with van der Waals surface area (Å²) >= 11 is 3.40. The van der Waals surface area contributed by atoms with E-state index in [0.717, 1.165) is 9.86 Å². The molecule has 0 aliphatic carbocycles. The molecule has 0 bridgehead atoms. The maximum atomic E-state index is 10.2. The third-order valence-electron chi connectivity index (χ3n) is 3.28. The number of nitriles is 1. The number of phenols is 1. The van der Waals surface area contributed by atoms with Crippen LogP contribution in [-0.4, -0.2) is 5.11 Å². The van der Waals surface area contributed by atoms with Gasteiger partial charge in [-0.2, -0.15) is 5.26 Å². The van der Waals surface area contributed by atoms with Gasteiger partial charge in [-0.05, 0) is 36.8 Å². The van der Waals surface area contributed by atoms with E-state index in [9.17, 15) is 5.11 Å². The van der Waals surface area contributed by atoms with Crippen molar-refractivity contribution in [2.45, 2.75) is 6.92 Å². The minimum Gasteiger partial charge on any atom is -0.506 e. The predicted octanol–water partition coefficient (Wildman–Crippen LogP) is 3.71. The molecule has 1 heterocycles. The fraction of sp³-hybridized carbons (Fsp3) is 0.0667. The van der Waals surface area contributed by atoms with Crippen LogP contribution in [0.4, 0.5) is 0 Å². The number of aromatic hydroxyl groups is 1. The SMILES string of the molecule is Cc1cc2c(c(O)c1C#N)c(=N)oc1ccc(Br)cc12.